The van der Waals surface area contributed by atoms with Crippen molar-refractivity contribution >= 4 is 15.7 Å². The van der Waals surface area contributed by atoms with E-state index >= 15 is 0 Å². The second-order valence-electron chi connectivity index (χ2n) is 4.90. The fourth-order valence-electron chi connectivity index (χ4n) is 1.89. The number of sulfonamides is 1. The summed E-state index contributed by atoms with van der Waals surface area (Å²) in [5.74, 6) is -0.0939. The van der Waals surface area contributed by atoms with E-state index in [1.165, 1.54) is 0 Å². The minimum Gasteiger partial charge on any atom is -0.399 e. The van der Waals surface area contributed by atoms with Crippen molar-refractivity contribution in [1.82, 2.24) is 4.72 Å². The zero-order valence-corrected chi connectivity index (χ0v) is 10.9. The van der Waals surface area contributed by atoms with Gasteiger partial charge in [-0.05, 0) is 37.0 Å². The monoisotopic (exact) mass is 270 g/mol. The Kier molecular flexibility index (Phi) is 3.61. The Morgan fingerprint density at radius 3 is 2.39 bits per heavy atom. The van der Waals surface area contributed by atoms with Crippen LogP contribution in [0.1, 0.15) is 24.8 Å². The number of nitrogens with two attached hydrogens (primary N) is 1. The molecule has 0 aromatic heterocycles. The molecule has 4 N–H and O–H groups in total. The molecule has 0 spiro atoms. The minimum absolute atomic E-state index is 0.0939. The van der Waals surface area contributed by atoms with Crippen LogP contribution in [0.15, 0.2) is 24.3 Å². The lowest BCUT2D eigenvalue weighted by molar-refractivity contribution is -0.0271. The maximum atomic E-state index is 11.8. The molecule has 1 fully saturated rings. The zero-order chi connectivity index (χ0) is 13.2. The van der Waals surface area contributed by atoms with Gasteiger partial charge in [0.05, 0.1) is 11.4 Å². The van der Waals surface area contributed by atoms with Crippen molar-refractivity contribution < 1.29 is 13.5 Å². The SMILES string of the molecule is Nc1ccc(CS(=O)(=O)NCC2(O)CCC2)cc1. The molecule has 1 aliphatic rings. The van der Waals surface area contributed by atoms with Crippen LogP contribution in [0.2, 0.25) is 0 Å². The summed E-state index contributed by atoms with van der Waals surface area (Å²) in [6, 6.07) is 6.72. The van der Waals surface area contributed by atoms with Gasteiger partial charge >= 0.3 is 0 Å². The van der Waals surface area contributed by atoms with Gasteiger partial charge in [0, 0.05) is 12.2 Å². The van der Waals surface area contributed by atoms with Gasteiger partial charge < -0.3 is 10.8 Å². The normalized spacial score (nSPS) is 18.3. The lowest BCUT2D eigenvalue weighted by Crippen LogP contribution is -2.47. The smallest absolute Gasteiger partial charge is 0.215 e. The van der Waals surface area contributed by atoms with Crippen LogP contribution in [0.5, 0.6) is 0 Å². The molecule has 0 radical (unpaired) electrons. The Morgan fingerprint density at radius 2 is 1.89 bits per heavy atom. The van der Waals surface area contributed by atoms with E-state index in [4.69, 9.17) is 5.73 Å². The van der Waals surface area contributed by atoms with E-state index < -0.39 is 15.6 Å². The van der Waals surface area contributed by atoms with Crippen LogP contribution in [0.25, 0.3) is 0 Å². The number of hydrogen-bond acceptors (Lipinski definition) is 4. The molecule has 0 amide bonds. The average Bonchev–Trinajstić information content (AvgIpc) is 2.27. The Labute approximate surface area is 107 Å². The van der Waals surface area contributed by atoms with Crippen LogP contribution in [0, 0.1) is 0 Å². The first-order valence-corrected chi connectivity index (χ1v) is 7.58. The molecule has 1 aromatic rings. The predicted molar refractivity (Wildman–Crippen MR) is 70.3 cm³/mol. The first-order chi connectivity index (χ1) is 8.39. The predicted octanol–water partition coefficient (Wildman–Crippen LogP) is 0.603. The largest absolute Gasteiger partial charge is 0.399 e. The van der Waals surface area contributed by atoms with Crippen molar-refractivity contribution in [3.05, 3.63) is 29.8 Å². The van der Waals surface area contributed by atoms with Gasteiger partial charge in [0.15, 0.2) is 0 Å². The van der Waals surface area contributed by atoms with E-state index in [0.717, 1.165) is 6.42 Å². The Hall–Kier alpha value is -1.11. The first kappa shape index (κ1) is 13.3. The summed E-state index contributed by atoms with van der Waals surface area (Å²) in [6.07, 6.45) is 2.28. The average molecular weight is 270 g/mol. The summed E-state index contributed by atoms with van der Waals surface area (Å²) in [6.45, 7) is 0.101. The highest BCUT2D eigenvalue weighted by Gasteiger charge is 2.35. The molecule has 100 valence electrons. The fourth-order valence-corrected chi connectivity index (χ4v) is 3.11. The van der Waals surface area contributed by atoms with Gasteiger partial charge in [0.1, 0.15) is 0 Å². The summed E-state index contributed by atoms with van der Waals surface area (Å²) < 4.78 is 26.1. The van der Waals surface area contributed by atoms with Crippen LogP contribution >= 0.6 is 0 Å². The molecule has 0 atom stereocenters. The maximum absolute atomic E-state index is 11.8. The van der Waals surface area contributed by atoms with Gasteiger partial charge in [0.25, 0.3) is 0 Å². The van der Waals surface area contributed by atoms with Crippen molar-refractivity contribution in [3.63, 3.8) is 0 Å². The summed E-state index contributed by atoms with van der Waals surface area (Å²) >= 11 is 0. The number of hydrogen-bond donors (Lipinski definition) is 3. The number of benzene rings is 1. The molecule has 1 aliphatic carbocycles. The third kappa shape index (κ3) is 3.44. The molecule has 0 unspecified atom stereocenters. The fraction of sp³-hybridized carbons (Fsp3) is 0.500. The van der Waals surface area contributed by atoms with Crippen LogP contribution in [-0.2, 0) is 15.8 Å². The summed E-state index contributed by atoms with van der Waals surface area (Å²) in [5, 5.41) is 9.83. The van der Waals surface area contributed by atoms with Crippen molar-refractivity contribution in [2.45, 2.75) is 30.6 Å². The van der Waals surface area contributed by atoms with Crippen molar-refractivity contribution in [1.29, 1.82) is 0 Å². The van der Waals surface area contributed by atoms with Gasteiger partial charge in [0.2, 0.25) is 10.0 Å². The summed E-state index contributed by atoms with van der Waals surface area (Å²) in [5.41, 5.74) is 5.98. The van der Waals surface area contributed by atoms with Crippen molar-refractivity contribution in [3.8, 4) is 0 Å². The van der Waals surface area contributed by atoms with E-state index in [-0.39, 0.29) is 12.3 Å². The third-order valence-electron chi connectivity index (χ3n) is 3.24. The Morgan fingerprint density at radius 1 is 1.28 bits per heavy atom. The van der Waals surface area contributed by atoms with E-state index in [0.29, 0.717) is 24.1 Å². The molecular weight excluding hydrogens is 252 g/mol. The molecule has 0 saturated heterocycles. The molecule has 6 heteroatoms. The lowest BCUT2D eigenvalue weighted by Gasteiger charge is -2.36. The number of anilines is 1. The van der Waals surface area contributed by atoms with Crippen LogP contribution in [-0.4, -0.2) is 25.7 Å². The van der Waals surface area contributed by atoms with Crippen LogP contribution in [0.4, 0.5) is 5.69 Å². The van der Waals surface area contributed by atoms with Gasteiger partial charge in [-0.3, -0.25) is 0 Å². The molecule has 1 aromatic carbocycles. The summed E-state index contributed by atoms with van der Waals surface area (Å²) in [7, 11) is -3.41. The molecular formula is C12H18N2O3S. The van der Waals surface area contributed by atoms with Crippen LogP contribution in [0.3, 0.4) is 0 Å². The number of rotatable bonds is 5. The van der Waals surface area contributed by atoms with E-state index in [9.17, 15) is 13.5 Å². The van der Waals surface area contributed by atoms with Gasteiger partial charge in [-0.2, -0.15) is 0 Å². The third-order valence-corrected chi connectivity index (χ3v) is 4.54. The second-order valence-corrected chi connectivity index (χ2v) is 6.71. The molecule has 2 rings (SSSR count). The van der Waals surface area contributed by atoms with Gasteiger partial charge in [-0.15, -0.1) is 0 Å². The quantitative estimate of drug-likeness (QED) is 0.683. The number of nitrogens with one attached hydrogen (secondary N) is 1. The minimum atomic E-state index is -3.41. The second kappa shape index (κ2) is 4.87. The number of nitrogen functional groups attached to an aromatic ring is 1. The van der Waals surface area contributed by atoms with Crippen molar-refractivity contribution in [2.24, 2.45) is 0 Å². The molecule has 0 aliphatic heterocycles. The van der Waals surface area contributed by atoms with Crippen molar-refractivity contribution in [2.75, 3.05) is 12.3 Å². The lowest BCUT2D eigenvalue weighted by atomic mass is 9.81. The highest BCUT2D eigenvalue weighted by atomic mass is 32.2. The number of aliphatic hydroxyl groups is 1. The molecule has 18 heavy (non-hydrogen) atoms. The summed E-state index contributed by atoms with van der Waals surface area (Å²) in [4.78, 5) is 0. The van der Waals surface area contributed by atoms with Gasteiger partial charge in [-0.25, -0.2) is 13.1 Å². The Bertz CT molecular complexity index is 507. The van der Waals surface area contributed by atoms with Gasteiger partial charge in [-0.1, -0.05) is 12.1 Å². The first-order valence-electron chi connectivity index (χ1n) is 5.93. The van der Waals surface area contributed by atoms with Crippen LogP contribution < -0.4 is 10.5 Å². The highest BCUT2D eigenvalue weighted by Crippen LogP contribution is 2.30. The molecule has 0 heterocycles. The Balaban J connectivity index is 1.92. The zero-order valence-electron chi connectivity index (χ0n) is 10.1. The highest BCUT2D eigenvalue weighted by molar-refractivity contribution is 7.88. The standard InChI is InChI=1S/C12H18N2O3S/c13-11-4-2-10(3-5-11)8-18(16,17)14-9-12(15)6-1-7-12/h2-5,14-15H,1,6-9,13H2. The van der Waals surface area contributed by atoms with E-state index in [2.05, 4.69) is 4.72 Å². The maximum Gasteiger partial charge on any atom is 0.215 e. The van der Waals surface area contributed by atoms with E-state index in [1.807, 2.05) is 0 Å². The molecule has 5 nitrogen and oxygen atoms in total. The van der Waals surface area contributed by atoms with E-state index in [1.54, 1.807) is 24.3 Å². The molecule has 1 saturated carbocycles. The topological polar surface area (TPSA) is 92.4 Å². The molecule has 0 bridgehead atoms.